The summed E-state index contributed by atoms with van der Waals surface area (Å²) in [4.78, 5) is 22.2. The standard InChI is InChI=1S/C12H14O3/c1-8(2)3-4-12-6-9(7-13)5-10(12)15-11(12)14/h3,6-7,10H,4-5H2,1-2H3. The molecule has 2 unspecified atom stereocenters. The molecule has 1 heterocycles. The average Bonchev–Trinajstić information content (AvgIpc) is 2.48. The fourth-order valence-electron chi connectivity index (χ4n) is 2.13. The molecule has 2 rings (SSSR count). The van der Waals surface area contributed by atoms with Crippen molar-refractivity contribution >= 4 is 12.3 Å². The third kappa shape index (κ3) is 1.42. The van der Waals surface area contributed by atoms with Crippen LogP contribution in [0.3, 0.4) is 0 Å². The number of allylic oxidation sites excluding steroid dienone is 2. The topological polar surface area (TPSA) is 43.4 Å². The number of fused-ring (bicyclic) bond motifs is 1. The van der Waals surface area contributed by atoms with E-state index >= 15 is 0 Å². The Morgan fingerprint density at radius 1 is 1.67 bits per heavy atom. The average molecular weight is 206 g/mol. The first kappa shape index (κ1) is 10.1. The van der Waals surface area contributed by atoms with E-state index in [1.54, 1.807) is 6.08 Å². The molecule has 1 saturated heterocycles. The Morgan fingerprint density at radius 3 is 2.93 bits per heavy atom. The highest BCUT2D eigenvalue weighted by Crippen LogP contribution is 2.49. The zero-order valence-corrected chi connectivity index (χ0v) is 8.95. The molecule has 0 aromatic heterocycles. The highest BCUT2D eigenvalue weighted by atomic mass is 16.6. The van der Waals surface area contributed by atoms with Crippen molar-refractivity contribution in [1.29, 1.82) is 0 Å². The lowest BCUT2D eigenvalue weighted by Gasteiger charge is -2.41. The van der Waals surface area contributed by atoms with E-state index in [4.69, 9.17) is 4.74 Å². The number of aldehydes is 1. The van der Waals surface area contributed by atoms with Gasteiger partial charge in [-0.3, -0.25) is 9.59 Å². The highest BCUT2D eigenvalue weighted by Gasteiger charge is 2.59. The van der Waals surface area contributed by atoms with Crippen LogP contribution < -0.4 is 0 Å². The van der Waals surface area contributed by atoms with Crippen LogP contribution in [0.4, 0.5) is 0 Å². The molecule has 0 saturated carbocycles. The molecule has 0 bridgehead atoms. The highest BCUT2D eigenvalue weighted by molar-refractivity contribution is 5.90. The summed E-state index contributed by atoms with van der Waals surface area (Å²) in [6.45, 7) is 3.99. The van der Waals surface area contributed by atoms with Crippen LogP contribution in [0.5, 0.6) is 0 Å². The molecule has 0 radical (unpaired) electrons. The van der Waals surface area contributed by atoms with Crippen molar-refractivity contribution in [3.05, 3.63) is 23.3 Å². The fraction of sp³-hybridized carbons (Fsp3) is 0.500. The van der Waals surface area contributed by atoms with Crippen molar-refractivity contribution < 1.29 is 14.3 Å². The van der Waals surface area contributed by atoms with E-state index in [0.29, 0.717) is 18.4 Å². The number of carbonyl (C=O) groups is 2. The van der Waals surface area contributed by atoms with Crippen LogP contribution >= 0.6 is 0 Å². The summed E-state index contributed by atoms with van der Waals surface area (Å²) >= 11 is 0. The summed E-state index contributed by atoms with van der Waals surface area (Å²) in [7, 11) is 0. The summed E-state index contributed by atoms with van der Waals surface area (Å²) in [5.41, 5.74) is 1.33. The maximum absolute atomic E-state index is 11.5. The van der Waals surface area contributed by atoms with Gasteiger partial charge in [0.15, 0.2) is 0 Å². The molecule has 0 spiro atoms. The van der Waals surface area contributed by atoms with Crippen molar-refractivity contribution in [2.45, 2.75) is 32.8 Å². The van der Waals surface area contributed by atoms with Crippen molar-refractivity contribution in [2.24, 2.45) is 5.41 Å². The van der Waals surface area contributed by atoms with Crippen LogP contribution in [0.2, 0.25) is 0 Å². The molecular weight excluding hydrogens is 192 g/mol. The maximum Gasteiger partial charge on any atom is 0.320 e. The second kappa shape index (κ2) is 3.33. The Labute approximate surface area is 88.8 Å². The SMILES string of the molecule is CC(C)=CCC12C=C(C=O)CC1OC2=O. The number of carbonyl (C=O) groups excluding carboxylic acids is 2. The lowest BCUT2D eigenvalue weighted by atomic mass is 9.77. The minimum absolute atomic E-state index is 0.110. The van der Waals surface area contributed by atoms with Gasteiger partial charge < -0.3 is 4.74 Å². The summed E-state index contributed by atoms with van der Waals surface area (Å²) in [6, 6.07) is 0. The normalized spacial score (nSPS) is 32.3. The lowest BCUT2D eigenvalue weighted by molar-refractivity contribution is -0.194. The van der Waals surface area contributed by atoms with Crippen molar-refractivity contribution in [1.82, 2.24) is 0 Å². The van der Waals surface area contributed by atoms with Gasteiger partial charge in [-0.2, -0.15) is 0 Å². The van der Waals surface area contributed by atoms with Crippen molar-refractivity contribution in [3.8, 4) is 0 Å². The van der Waals surface area contributed by atoms with E-state index in [2.05, 4.69) is 0 Å². The Bertz CT molecular complexity index is 374. The Kier molecular flexibility index (Phi) is 2.25. The third-order valence-corrected chi connectivity index (χ3v) is 3.07. The van der Waals surface area contributed by atoms with Crippen molar-refractivity contribution in [3.63, 3.8) is 0 Å². The van der Waals surface area contributed by atoms with Gasteiger partial charge >= 0.3 is 5.97 Å². The molecule has 3 nitrogen and oxygen atoms in total. The van der Waals surface area contributed by atoms with Gasteiger partial charge in [0.2, 0.25) is 0 Å². The molecule has 2 atom stereocenters. The lowest BCUT2D eigenvalue weighted by Crippen LogP contribution is -2.52. The third-order valence-electron chi connectivity index (χ3n) is 3.07. The maximum atomic E-state index is 11.5. The van der Waals surface area contributed by atoms with Gasteiger partial charge in [0.25, 0.3) is 0 Å². The van der Waals surface area contributed by atoms with Gasteiger partial charge in [0, 0.05) is 6.42 Å². The number of rotatable bonds is 3. The van der Waals surface area contributed by atoms with Gasteiger partial charge in [-0.05, 0) is 25.8 Å². The number of hydrogen-bond donors (Lipinski definition) is 0. The molecule has 2 aliphatic rings. The molecule has 1 aliphatic heterocycles. The van der Waals surface area contributed by atoms with Gasteiger partial charge in [-0.1, -0.05) is 17.7 Å². The van der Waals surface area contributed by atoms with Gasteiger partial charge in [0.1, 0.15) is 17.8 Å². The van der Waals surface area contributed by atoms with Crippen LogP contribution in [-0.4, -0.2) is 18.4 Å². The zero-order chi connectivity index (χ0) is 11.1. The summed E-state index contributed by atoms with van der Waals surface area (Å²) in [5, 5.41) is 0. The van der Waals surface area contributed by atoms with Crippen LogP contribution in [-0.2, 0) is 14.3 Å². The first-order valence-corrected chi connectivity index (χ1v) is 5.10. The van der Waals surface area contributed by atoms with Crippen LogP contribution in [0, 0.1) is 5.41 Å². The predicted octanol–water partition coefficient (Wildman–Crippen LogP) is 1.78. The fourth-order valence-corrected chi connectivity index (χ4v) is 2.13. The molecule has 3 heteroatoms. The minimum Gasteiger partial charge on any atom is -0.460 e. The van der Waals surface area contributed by atoms with E-state index < -0.39 is 5.41 Å². The molecule has 1 aliphatic carbocycles. The van der Waals surface area contributed by atoms with E-state index in [1.165, 1.54) is 5.57 Å². The first-order chi connectivity index (χ1) is 7.08. The summed E-state index contributed by atoms with van der Waals surface area (Å²) < 4.78 is 5.05. The molecule has 15 heavy (non-hydrogen) atoms. The number of ether oxygens (including phenoxy) is 1. The number of esters is 1. The molecule has 0 aromatic rings. The smallest absolute Gasteiger partial charge is 0.320 e. The molecule has 80 valence electrons. The minimum atomic E-state index is -0.534. The van der Waals surface area contributed by atoms with Crippen LogP contribution in [0.25, 0.3) is 0 Å². The summed E-state index contributed by atoms with van der Waals surface area (Å²) in [6.07, 6.45) is 5.75. The molecular formula is C12H14O3. The molecule has 1 fully saturated rings. The Hall–Kier alpha value is -1.38. The Balaban J connectivity index is 2.24. The quantitative estimate of drug-likeness (QED) is 0.401. The second-order valence-corrected chi connectivity index (χ2v) is 4.46. The van der Waals surface area contributed by atoms with E-state index in [0.717, 1.165) is 6.29 Å². The summed E-state index contributed by atoms with van der Waals surface area (Å²) in [5.74, 6) is -0.193. The number of hydrogen-bond acceptors (Lipinski definition) is 3. The van der Waals surface area contributed by atoms with Crippen molar-refractivity contribution in [2.75, 3.05) is 0 Å². The molecule has 0 aromatic carbocycles. The van der Waals surface area contributed by atoms with Gasteiger partial charge in [-0.15, -0.1) is 0 Å². The van der Waals surface area contributed by atoms with Gasteiger partial charge in [-0.25, -0.2) is 0 Å². The van der Waals surface area contributed by atoms with E-state index in [9.17, 15) is 9.59 Å². The van der Waals surface area contributed by atoms with Gasteiger partial charge in [0.05, 0.1) is 0 Å². The molecule has 0 N–H and O–H groups in total. The van der Waals surface area contributed by atoms with Crippen LogP contribution in [0.15, 0.2) is 23.3 Å². The van der Waals surface area contributed by atoms with E-state index in [-0.39, 0.29) is 12.1 Å². The largest absolute Gasteiger partial charge is 0.460 e. The zero-order valence-electron chi connectivity index (χ0n) is 8.95. The predicted molar refractivity (Wildman–Crippen MR) is 55.1 cm³/mol. The van der Waals surface area contributed by atoms with Crippen LogP contribution in [0.1, 0.15) is 26.7 Å². The van der Waals surface area contributed by atoms with E-state index in [1.807, 2.05) is 19.9 Å². The monoisotopic (exact) mass is 206 g/mol. The first-order valence-electron chi connectivity index (χ1n) is 5.10. The second-order valence-electron chi connectivity index (χ2n) is 4.46. The Morgan fingerprint density at radius 2 is 2.40 bits per heavy atom. The molecule has 0 amide bonds.